The van der Waals surface area contributed by atoms with Crippen LogP contribution in [-0.4, -0.2) is 39.2 Å². The van der Waals surface area contributed by atoms with Gasteiger partial charge in [0.05, 0.1) is 12.1 Å². The van der Waals surface area contributed by atoms with E-state index in [9.17, 15) is 14.4 Å². The van der Waals surface area contributed by atoms with Gasteiger partial charge in [-0.15, -0.1) is 0 Å². The molecule has 8 nitrogen and oxygen atoms in total. The average molecular weight is 344 g/mol. The molecule has 0 aliphatic carbocycles. The van der Waals surface area contributed by atoms with E-state index in [-0.39, 0.29) is 31.3 Å². The lowest BCUT2D eigenvalue weighted by atomic mass is 10.2. The number of carboxylic acid groups (broad SMARTS) is 1. The number of carbonyl (C=O) groups is 3. The molecule has 1 aromatic carbocycles. The SMILES string of the molecule is Cc1cc(C)n(CC(=O)Nc2ccc(C(=O)NCCC(=O)O)cc2)n1. The van der Waals surface area contributed by atoms with Gasteiger partial charge in [-0.2, -0.15) is 5.10 Å². The first kappa shape index (κ1) is 18.2. The summed E-state index contributed by atoms with van der Waals surface area (Å²) in [5.74, 6) is -1.55. The van der Waals surface area contributed by atoms with Gasteiger partial charge in [0, 0.05) is 23.5 Å². The molecule has 0 unspecified atom stereocenters. The third kappa shape index (κ3) is 5.45. The third-order valence-electron chi connectivity index (χ3n) is 3.45. The number of aliphatic carboxylic acids is 1. The maximum Gasteiger partial charge on any atom is 0.305 e. The van der Waals surface area contributed by atoms with Crippen molar-refractivity contribution < 1.29 is 19.5 Å². The Balaban J connectivity index is 1.89. The van der Waals surface area contributed by atoms with Crippen LogP contribution in [0, 0.1) is 13.8 Å². The highest BCUT2D eigenvalue weighted by atomic mass is 16.4. The number of anilines is 1. The van der Waals surface area contributed by atoms with Gasteiger partial charge in [-0.25, -0.2) is 0 Å². The molecule has 3 N–H and O–H groups in total. The van der Waals surface area contributed by atoms with Gasteiger partial charge in [-0.3, -0.25) is 19.1 Å². The van der Waals surface area contributed by atoms with Crippen molar-refractivity contribution in [2.75, 3.05) is 11.9 Å². The van der Waals surface area contributed by atoms with Crippen LogP contribution in [0.3, 0.4) is 0 Å². The first-order valence-corrected chi connectivity index (χ1v) is 7.76. The molecule has 0 atom stereocenters. The molecule has 0 saturated heterocycles. The third-order valence-corrected chi connectivity index (χ3v) is 3.45. The van der Waals surface area contributed by atoms with E-state index in [2.05, 4.69) is 15.7 Å². The summed E-state index contributed by atoms with van der Waals surface area (Å²) in [6.07, 6.45) is -0.133. The van der Waals surface area contributed by atoms with Crippen molar-refractivity contribution in [1.82, 2.24) is 15.1 Å². The number of nitrogens with one attached hydrogen (secondary N) is 2. The quantitative estimate of drug-likeness (QED) is 0.701. The fourth-order valence-corrected chi connectivity index (χ4v) is 2.26. The topological polar surface area (TPSA) is 113 Å². The van der Waals surface area contributed by atoms with Crippen LogP contribution in [0.1, 0.15) is 28.2 Å². The summed E-state index contributed by atoms with van der Waals surface area (Å²) < 4.78 is 1.62. The smallest absolute Gasteiger partial charge is 0.305 e. The number of hydrogen-bond donors (Lipinski definition) is 3. The molecule has 0 aliphatic heterocycles. The van der Waals surface area contributed by atoms with Gasteiger partial charge in [-0.05, 0) is 44.2 Å². The van der Waals surface area contributed by atoms with Gasteiger partial charge in [0.2, 0.25) is 5.91 Å². The Labute approximate surface area is 144 Å². The number of aromatic nitrogens is 2. The minimum Gasteiger partial charge on any atom is -0.481 e. The summed E-state index contributed by atoms with van der Waals surface area (Å²) in [5.41, 5.74) is 2.71. The van der Waals surface area contributed by atoms with Crippen molar-refractivity contribution in [3.63, 3.8) is 0 Å². The molecule has 0 spiro atoms. The first-order chi connectivity index (χ1) is 11.8. The Bertz CT molecular complexity index is 780. The molecule has 8 heteroatoms. The molecule has 0 fully saturated rings. The highest BCUT2D eigenvalue weighted by molar-refractivity contribution is 5.95. The van der Waals surface area contributed by atoms with E-state index in [1.165, 1.54) is 0 Å². The Morgan fingerprint density at radius 1 is 1.16 bits per heavy atom. The predicted octanol–water partition coefficient (Wildman–Crippen LogP) is 1.34. The molecule has 0 bridgehead atoms. The zero-order valence-corrected chi connectivity index (χ0v) is 14.1. The van der Waals surface area contributed by atoms with Crippen molar-refractivity contribution >= 4 is 23.5 Å². The van der Waals surface area contributed by atoms with Gasteiger partial charge in [0.15, 0.2) is 0 Å². The van der Waals surface area contributed by atoms with E-state index >= 15 is 0 Å². The summed E-state index contributed by atoms with van der Waals surface area (Å²) in [5, 5.41) is 18.0. The van der Waals surface area contributed by atoms with E-state index in [0.717, 1.165) is 11.4 Å². The second-order valence-electron chi connectivity index (χ2n) is 5.61. The maximum atomic E-state index is 12.1. The fourth-order valence-electron chi connectivity index (χ4n) is 2.26. The molecule has 1 heterocycles. The molecule has 0 radical (unpaired) electrons. The van der Waals surface area contributed by atoms with E-state index in [1.54, 1.807) is 28.9 Å². The van der Waals surface area contributed by atoms with Crippen LogP contribution in [-0.2, 0) is 16.1 Å². The number of hydrogen-bond acceptors (Lipinski definition) is 4. The van der Waals surface area contributed by atoms with Gasteiger partial charge in [0.25, 0.3) is 5.91 Å². The zero-order valence-electron chi connectivity index (χ0n) is 14.1. The number of carboxylic acids is 1. The fraction of sp³-hybridized carbons (Fsp3) is 0.294. The molecule has 1 aromatic heterocycles. The molecule has 2 aromatic rings. The lowest BCUT2D eigenvalue weighted by Gasteiger charge is -2.08. The van der Waals surface area contributed by atoms with Crippen LogP contribution in [0.5, 0.6) is 0 Å². The molecule has 0 aliphatic rings. The number of benzene rings is 1. The van der Waals surface area contributed by atoms with E-state index < -0.39 is 5.97 Å². The average Bonchev–Trinajstić information content (AvgIpc) is 2.85. The van der Waals surface area contributed by atoms with Crippen molar-refractivity contribution in [3.8, 4) is 0 Å². The minimum absolute atomic E-state index is 0.0648. The van der Waals surface area contributed by atoms with Crippen molar-refractivity contribution in [3.05, 3.63) is 47.3 Å². The van der Waals surface area contributed by atoms with Crippen LogP contribution < -0.4 is 10.6 Å². The number of rotatable bonds is 7. The Hall–Kier alpha value is -3.16. The number of aryl methyl sites for hydroxylation is 2. The second kappa shape index (κ2) is 8.09. The summed E-state index contributed by atoms with van der Waals surface area (Å²) >= 11 is 0. The molecule has 2 rings (SSSR count). The lowest BCUT2D eigenvalue weighted by Crippen LogP contribution is -2.26. The van der Waals surface area contributed by atoms with Crippen molar-refractivity contribution in [1.29, 1.82) is 0 Å². The van der Waals surface area contributed by atoms with Gasteiger partial charge in [0.1, 0.15) is 6.54 Å². The summed E-state index contributed by atoms with van der Waals surface area (Å²) in [4.78, 5) is 34.3. The van der Waals surface area contributed by atoms with Crippen LogP contribution in [0.4, 0.5) is 5.69 Å². The largest absolute Gasteiger partial charge is 0.481 e. The van der Waals surface area contributed by atoms with Gasteiger partial charge < -0.3 is 15.7 Å². The normalized spacial score (nSPS) is 10.3. The van der Waals surface area contributed by atoms with E-state index in [1.807, 2.05) is 19.9 Å². The Morgan fingerprint density at radius 2 is 1.84 bits per heavy atom. The van der Waals surface area contributed by atoms with E-state index in [4.69, 9.17) is 5.11 Å². The molecule has 0 saturated carbocycles. The van der Waals surface area contributed by atoms with Crippen molar-refractivity contribution in [2.45, 2.75) is 26.8 Å². The second-order valence-corrected chi connectivity index (χ2v) is 5.61. The first-order valence-electron chi connectivity index (χ1n) is 7.76. The number of nitrogens with zero attached hydrogens (tertiary/aromatic N) is 2. The Morgan fingerprint density at radius 3 is 2.40 bits per heavy atom. The Kier molecular flexibility index (Phi) is 5.89. The van der Waals surface area contributed by atoms with Crippen LogP contribution in [0.15, 0.2) is 30.3 Å². The molecular formula is C17H20N4O4. The zero-order chi connectivity index (χ0) is 18.4. The van der Waals surface area contributed by atoms with Gasteiger partial charge >= 0.3 is 5.97 Å². The molecule has 132 valence electrons. The molecule has 2 amide bonds. The lowest BCUT2D eigenvalue weighted by molar-refractivity contribution is -0.136. The van der Waals surface area contributed by atoms with Crippen molar-refractivity contribution in [2.24, 2.45) is 0 Å². The standard InChI is InChI=1S/C17H20N4O4/c1-11-9-12(2)21(20-11)10-15(22)19-14-5-3-13(4-6-14)17(25)18-8-7-16(23)24/h3-6,9H,7-8,10H2,1-2H3,(H,18,25)(H,19,22)(H,23,24). The minimum atomic E-state index is -0.971. The monoisotopic (exact) mass is 344 g/mol. The highest BCUT2D eigenvalue weighted by Crippen LogP contribution is 2.10. The summed E-state index contributed by atoms with van der Waals surface area (Å²) in [6.45, 7) is 3.92. The molecular weight excluding hydrogens is 324 g/mol. The summed E-state index contributed by atoms with van der Waals surface area (Å²) in [6, 6.07) is 8.26. The van der Waals surface area contributed by atoms with Crippen LogP contribution in [0.2, 0.25) is 0 Å². The number of carbonyl (C=O) groups excluding carboxylic acids is 2. The summed E-state index contributed by atoms with van der Waals surface area (Å²) in [7, 11) is 0. The van der Waals surface area contributed by atoms with E-state index in [0.29, 0.717) is 11.3 Å². The molecule has 25 heavy (non-hydrogen) atoms. The number of amides is 2. The predicted molar refractivity (Wildman–Crippen MR) is 91.4 cm³/mol. The van der Waals surface area contributed by atoms with Crippen LogP contribution in [0.25, 0.3) is 0 Å². The highest BCUT2D eigenvalue weighted by Gasteiger charge is 2.09. The van der Waals surface area contributed by atoms with Gasteiger partial charge in [-0.1, -0.05) is 0 Å². The van der Waals surface area contributed by atoms with Crippen LogP contribution >= 0.6 is 0 Å². The maximum absolute atomic E-state index is 12.1.